The molecular formula is C16H14Cl4. The Labute approximate surface area is 139 Å². The molecule has 0 fully saturated rings. The first-order valence-electron chi connectivity index (χ1n) is 6.15. The number of halogens is 4. The maximum Gasteiger partial charge on any atom is 0.180 e. The third-order valence-corrected chi connectivity index (χ3v) is 5.62. The van der Waals surface area contributed by atoms with Crippen molar-refractivity contribution in [3.8, 4) is 0 Å². The van der Waals surface area contributed by atoms with Gasteiger partial charge in [-0.3, -0.25) is 0 Å². The van der Waals surface area contributed by atoms with Gasteiger partial charge in [0.1, 0.15) is 0 Å². The summed E-state index contributed by atoms with van der Waals surface area (Å²) in [7, 11) is 0. The number of hydrogen-bond acceptors (Lipinski definition) is 0. The lowest BCUT2D eigenvalue weighted by Crippen LogP contribution is -2.31. The summed E-state index contributed by atoms with van der Waals surface area (Å²) in [4.78, 5) is 0. The second-order valence-electron chi connectivity index (χ2n) is 4.88. The van der Waals surface area contributed by atoms with Crippen LogP contribution in [-0.4, -0.2) is 0 Å². The van der Waals surface area contributed by atoms with Gasteiger partial charge in [-0.2, -0.15) is 0 Å². The minimum Gasteiger partial charge on any atom is -0.0925 e. The van der Waals surface area contributed by atoms with E-state index in [0.717, 1.165) is 11.1 Å². The molecule has 0 aliphatic carbocycles. The highest BCUT2D eigenvalue weighted by atomic mass is 35.5. The SMILES string of the molecule is Cc1ccc(C(Cl)(Cl)C(Cl)(Cl)c2ccc(C)cc2)cc1. The van der Waals surface area contributed by atoms with Crippen LogP contribution in [-0.2, 0) is 8.67 Å². The molecule has 0 atom stereocenters. The Morgan fingerprint density at radius 1 is 0.550 bits per heavy atom. The van der Waals surface area contributed by atoms with Crippen LogP contribution in [0.3, 0.4) is 0 Å². The number of alkyl halides is 4. The summed E-state index contributed by atoms with van der Waals surface area (Å²) >= 11 is 25.9. The quantitative estimate of drug-likeness (QED) is 0.574. The zero-order valence-corrected chi connectivity index (χ0v) is 14.2. The molecule has 0 spiro atoms. The van der Waals surface area contributed by atoms with E-state index in [2.05, 4.69) is 0 Å². The molecule has 0 heterocycles. The lowest BCUT2D eigenvalue weighted by Gasteiger charge is -2.33. The van der Waals surface area contributed by atoms with Crippen molar-refractivity contribution < 1.29 is 0 Å². The van der Waals surface area contributed by atoms with Gasteiger partial charge in [0, 0.05) is 0 Å². The van der Waals surface area contributed by atoms with Crippen molar-refractivity contribution in [1.82, 2.24) is 0 Å². The fourth-order valence-electron chi connectivity index (χ4n) is 1.89. The van der Waals surface area contributed by atoms with Gasteiger partial charge in [0.15, 0.2) is 8.67 Å². The molecule has 2 aromatic rings. The van der Waals surface area contributed by atoms with Gasteiger partial charge in [-0.1, -0.05) is 106 Å². The Bertz CT molecular complexity index is 527. The largest absolute Gasteiger partial charge is 0.180 e. The van der Waals surface area contributed by atoms with E-state index in [-0.39, 0.29) is 0 Å². The number of benzene rings is 2. The first kappa shape index (κ1) is 16.0. The van der Waals surface area contributed by atoms with E-state index in [0.29, 0.717) is 11.1 Å². The predicted molar refractivity (Wildman–Crippen MR) is 89.1 cm³/mol. The Kier molecular flexibility index (Phi) is 4.61. The number of rotatable bonds is 3. The molecule has 2 rings (SSSR count). The van der Waals surface area contributed by atoms with Gasteiger partial charge in [-0.05, 0) is 25.0 Å². The second-order valence-corrected chi connectivity index (χ2v) is 7.54. The Morgan fingerprint density at radius 2 is 0.800 bits per heavy atom. The van der Waals surface area contributed by atoms with Gasteiger partial charge in [0.2, 0.25) is 0 Å². The van der Waals surface area contributed by atoms with Gasteiger partial charge in [0.05, 0.1) is 0 Å². The molecule has 4 heteroatoms. The summed E-state index contributed by atoms with van der Waals surface area (Å²) in [5, 5.41) is 0. The number of hydrogen-bond donors (Lipinski definition) is 0. The van der Waals surface area contributed by atoms with Gasteiger partial charge in [0.25, 0.3) is 0 Å². The summed E-state index contributed by atoms with van der Waals surface area (Å²) in [6.07, 6.45) is 0. The second kappa shape index (κ2) is 5.77. The van der Waals surface area contributed by atoms with E-state index in [1.165, 1.54) is 0 Å². The fourth-order valence-corrected chi connectivity index (χ4v) is 2.83. The van der Waals surface area contributed by atoms with Crippen molar-refractivity contribution in [2.75, 3.05) is 0 Å². The average molecular weight is 348 g/mol. The molecule has 0 aliphatic heterocycles. The summed E-state index contributed by atoms with van der Waals surface area (Å²) in [5.41, 5.74) is 3.56. The molecule has 0 radical (unpaired) electrons. The zero-order valence-electron chi connectivity index (χ0n) is 11.1. The molecule has 0 nitrogen and oxygen atoms in total. The van der Waals surface area contributed by atoms with E-state index in [4.69, 9.17) is 46.4 Å². The molecule has 0 aromatic heterocycles. The van der Waals surface area contributed by atoms with E-state index in [9.17, 15) is 0 Å². The van der Waals surface area contributed by atoms with Crippen LogP contribution in [0.4, 0.5) is 0 Å². The van der Waals surface area contributed by atoms with Crippen LogP contribution in [0.5, 0.6) is 0 Å². The Balaban J connectivity index is 2.45. The van der Waals surface area contributed by atoms with Crippen molar-refractivity contribution in [3.63, 3.8) is 0 Å². The highest BCUT2D eigenvalue weighted by Crippen LogP contribution is 2.56. The van der Waals surface area contributed by atoms with Crippen LogP contribution >= 0.6 is 46.4 Å². The Morgan fingerprint density at radius 3 is 1.05 bits per heavy atom. The van der Waals surface area contributed by atoms with E-state index >= 15 is 0 Å². The smallest absolute Gasteiger partial charge is 0.0925 e. The third kappa shape index (κ3) is 2.94. The highest BCUT2D eigenvalue weighted by Gasteiger charge is 2.49. The number of aryl methyl sites for hydroxylation is 2. The molecule has 0 unspecified atom stereocenters. The summed E-state index contributed by atoms with van der Waals surface area (Å²) < 4.78 is -2.89. The molecule has 0 N–H and O–H groups in total. The van der Waals surface area contributed by atoms with E-state index in [1.54, 1.807) is 0 Å². The Hall–Kier alpha value is -0.400. The summed E-state index contributed by atoms with van der Waals surface area (Å²) in [6, 6.07) is 15.0. The van der Waals surface area contributed by atoms with Crippen LogP contribution in [0.2, 0.25) is 0 Å². The molecule has 0 saturated carbocycles. The van der Waals surface area contributed by atoms with Crippen LogP contribution in [0, 0.1) is 13.8 Å². The lowest BCUT2D eigenvalue weighted by molar-refractivity contribution is 0.732. The van der Waals surface area contributed by atoms with E-state index < -0.39 is 8.67 Å². The van der Waals surface area contributed by atoms with Gasteiger partial charge in [-0.15, -0.1) is 0 Å². The minimum absolute atomic E-state index is 0.664. The normalized spacial score (nSPS) is 12.5. The molecule has 0 amide bonds. The zero-order chi connectivity index (χ0) is 15.0. The molecule has 0 bridgehead atoms. The van der Waals surface area contributed by atoms with E-state index in [1.807, 2.05) is 62.4 Å². The van der Waals surface area contributed by atoms with Crippen molar-refractivity contribution >= 4 is 46.4 Å². The van der Waals surface area contributed by atoms with Crippen molar-refractivity contribution in [2.24, 2.45) is 0 Å². The molecule has 2 aromatic carbocycles. The third-order valence-electron chi connectivity index (χ3n) is 3.22. The minimum atomic E-state index is -1.45. The molecule has 20 heavy (non-hydrogen) atoms. The van der Waals surface area contributed by atoms with Crippen molar-refractivity contribution in [1.29, 1.82) is 0 Å². The van der Waals surface area contributed by atoms with Gasteiger partial charge >= 0.3 is 0 Å². The summed E-state index contributed by atoms with van der Waals surface area (Å²) in [5.74, 6) is 0. The maximum atomic E-state index is 6.48. The standard InChI is InChI=1S/C16H14Cl4/c1-11-3-7-13(8-4-11)15(17,18)16(19,20)14-9-5-12(2)6-10-14/h3-10H,1-2H3. The van der Waals surface area contributed by atoms with Crippen LogP contribution < -0.4 is 0 Å². The van der Waals surface area contributed by atoms with Gasteiger partial charge < -0.3 is 0 Å². The maximum absolute atomic E-state index is 6.48. The molecule has 106 valence electrons. The van der Waals surface area contributed by atoms with Crippen LogP contribution in [0.1, 0.15) is 22.3 Å². The first-order chi connectivity index (χ1) is 9.25. The van der Waals surface area contributed by atoms with Crippen LogP contribution in [0.25, 0.3) is 0 Å². The van der Waals surface area contributed by atoms with Gasteiger partial charge in [-0.25, -0.2) is 0 Å². The monoisotopic (exact) mass is 346 g/mol. The topological polar surface area (TPSA) is 0 Å². The fraction of sp³-hybridized carbons (Fsp3) is 0.250. The lowest BCUT2D eigenvalue weighted by atomic mass is 10.0. The van der Waals surface area contributed by atoms with Crippen molar-refractivity contribution in [3.05, 3.63) is 70.8 Å². The molecule has 0 saturated heterocycles. The molecular weight excluding hydrogens is 334 g/mol. The van der Waals surface area contributed by atoms with Crippen LogP contribution in [0.15, 0.2) is 48.5 Å². The average Bonchev–Trinajstić information content (AvgIpc) is 2.39. The van der Waals surface area contributed by atoms with Crippen molar-refractivity contribution in [2.45, 2.75) is 22.5 Å². The summed E-state index contributed by atoms with van der Waals surface area (Å²) in [6.45, 7) is 3.98. The predicted octanol–water partition coefficient (Wildman–Crippen LogP) is 6.26. The first-order valence-corrected chi connectivity index (χ1v) is 7.66. The molecule has 0 aliphatic rings. The highest BCUT2D eigenvalue weighted by molar-refractivity contribution is 6.61.